The van der Waals surface area contributed by atoms with Crippen molar-refractivity contribution in [1.29, 1.82) is 5.26 Å². The van der Waals surface area contributed by atoms with Crippen LogP contribution in [0, 0.1) is 17.2 Å². The molecule has 2 aliphatic carbocycles. The van der Waals surface area contributed by atoms with Gasteiger partial charge >= 0.3 is 6.03 Å². The van der Waals surface area contributed by atoms with Gasteiger partial charge in [-0.1, -0.05) is 19.1 Å². The first-order valence-corrected chi connectivity index (χ1v) is 12.3. The minimum absolute atomic E-state index is 0.0525. The van der Waals surface area contributed by atoms with Gasteiger partial charge in [-0.2, -0.15) is 10.4 Å². The van der Waals surface area contributed by atoms with Crippen molar-refractivity contribution < 1.29 is 9.00 Å². The molecule has 0 radical (unpaired) electrons. The van der Waals surface area contributed by atoms with E-state index >= 15 is 0 Å². The fourth-order valence-corrected chi connectivity index (χ4v) is 5.29. The van der Waals surface area contributed by atoms with Crippen LogP contribution in [0.15, 0.2) is 27.7 Å². The summed E-state index contributed by atoms with van der Waals surface area (Å²) in [5.41, 5.74) is 4.31. The summed E-state index contributed by atoms with van der Waals surface area (Å²) in [4.78, 5) is 12.8. The van der Waals surface area contributed by atoms with E-state index in [0.29, 0.717) is 11.8 Å². The van der Waals surface area contributed by atoms with Crippen LogP contribution in [0.5, 0.6) is 0 Å². The molecule has 8 nitrogen and oxygen atoms in total. The molecule has 1 unspecified atom stereocenters. The zero-order valence-corrected chi connectivity index (χ0v) is 18.9. The number of aromatic nitrogens is 2. The Morgan fingerprint density at radius 2 is 2.10 bits per heavy atom. The standard InChI is InChI=1S/C22H28N6O2S/c1-13(2)28-12-17(11-23)21(26-28)31(24,30)27-22(29)25-20-18(14(3)15-7-8-15)10-9-16-5-4-6-19(16)20/h9-10,12-15H,4-8H2,1-3H3,(H3,24,25,27,29,30)/t14-,31?/m1/s1. The number of aryl methyl sites for hydroxylation is 1. The first-order chi connectivity index (χ1) is 14.7. The van der Waals surface area contributed by atoms with Crippen LogP contribution in [-0.2, 0) is 22.8 Å². The van der Waals surface area contributed by atoms with Crippen LogP contribution in [-0.4, -0.2) is 20.0 Å². The molecule has 164 valence electrons. The van der Waals surface area contributed by atoms with Gasteiger partial charge in [-0.15, -0.1) is 4.36 Å². The van der Waals surface area contributed by atoms with Crippen LogP contribution in [0.3, 0.4) is 0 Å². The summed E-state index contributed by atoms with van der Waals surface area (Å²) in [5, 5.41) is 22.2. The fraction of sp³-hybridized carbons (Fsp3) is 0.500. The zero-order chi connectivity index (χ0) is 22.3. The molecular weight excluding hydrogens is 412 g/mol. The van der Waals surface area contributed by atoms with Crippen molar-refractivity contribution >= 4 is 21.6 Å². The number of amides is 2. The number of carbonyl (C=O) groups is 1. The molecule has 1 aromatic carbocycles. The predicted octanol–water partition coefficient (Wildman–Crippen LogP) is 4.27. The second-order valence-corrected chi connectivity index (χ2v) is 10.5. The highest BCUT2D eigenvalue weighted by atomic mass is 32.2. The van der Waals surface area contributed by atoms with Crippen LogP contribution < -0.4 is 10.5 Å². The lowest BCUT2D eigenvalue weighted by Crippen LogP contribution is -2.20. The monoisotopic (exact) mass is 440 g/mol. The Balaban J connectivity index is 1.69. The van der Waals surface area contributed by atoms with Crippen molar-refractivity contribution in [2.75, 3.05) is 5.32 Å². The molecule has 1 fully saturated rings. The van der Waals surface area contributed by atoms with E-state index < -0.39 is 15.9 Å². The van der Waals surface area contributed by atoms with Gasteiger partial charge in [0, 0.05) is 17.9 Å². The summed E-state index contributed by atoms with van der Waals surface area (Å²) in [6.07, 6.45) is 6.79. The van der Waals surface area contributed by atoms with Gasteiger partial charge in [-0.3, -0.25) is 4.68 Å². The maximum atomic E-state index is 13.1. The molecule has 1 heterocycles. The number of carbonyl (C=O) groups excluding carboxylic acids is 1. The quantitative estimate of drug-likeness (QED) is 0.720. The molecule has 31 heavy (non-hydrogen) atoms. The molecule has 0 saturated heterocycles. The Labute approximate surface area is 183 Å². The maximum absolute atomic E-state index is 13.1. The van der Waals surface area contributed by atoms with Crippen LogP contribution in [0.2, 0.25) is 0 Å². The molecule has 2 amide bonds. The minimum atomic E-state index is -3.68. The molecule has 3 N–H and O–H groups in total. The summed E-state index contributed by atoms with van der Waals surface area (Å²) < 4.78 is 18.4. The minimum Gasteiger partial charge on any atom is -0.305 e. The van der Waals surface area contributed by atoms with Crippen molar-refractivity contribution in [3.8, 4) is 6.07 Å². The summed E-state index contributed by atoms with van der Waals surface area (Å²) in [5.74, 6) is 0.958. The summed E-state index contributed by atoms with van der Waals surface area (Å²) in [6.45, 7) is 5.93. The average molecular weight is 441 g/mol. The number of benzene rings is 1. The van der Waals surface area contributed by atoms with Gasteiger partial charge < -0.3 is 5.32 Å². The Morgan fingerprint density at radius 1 is 1.35 bits per heavy atom. The van der Waals surface area contributed by atoms with E-state index in [1.165, 1.54) is 29.3 Å². The number of fused-ring (bicyclic) bond motifs is 1. The van der Waals surface area contributed by atoms with Crippen LogP contribution in [0.1, 0.15) is 74.2 Å². The largest absolute Gasteiger partial charge is 0.354 e. The predicted molar refractivity (Wildman–Crippen MR) is 119 cm³/mol. The molecule has 0 bridgehead atoms. The van der Waals surface area contributed by atoms with E-state index in [9.17, 15) is 14.3 Å². The smallest absolute Gasteiger partial charge is 0.305 e. The van der Waals surface area contributed by atoms with E-state index in [1.54, 1.807) is 0 Å². The molecule has 0 aliphatic heterocycles. The van der Waals surface area contributed by atoms with E-state index in [2.05, 4.69) is 33.8 Å². The normalized spacial score (nSPS) is 18.2. The van der Waals surface area contributed by atoms with E-state index in [0.717, 1.165) is 36.1 Å². The average Bonchev–Trinajstić information content (AvgIpc) is 3.26. The lowest BCUT2D eigenvalue weighted by molar-refractivity contribution is 0.260. The number of hydrogen-bond acceptors (Lipinski definition) is 4. The number of nitrogens with one attached hydrogen (secondary N) is 1. The number of nitriles is 1. The lowest BCUT2D eigenvalue weighted by atomic mass is 9.91. The van der Waals surface area contributed by atoms with Gasteiger partial charge in [0.1, 0.15) is 11.6 Å². The lowest BCUT2D eigenvalue weighted by Gasteiger charge is -2.19. The van der Waals surface area contributed by atoms with Gasteiger partial charge in [-0.05, 0) is 74.5 Å². The number of anilines is 1. The van der Waals surface area contributed by atoms with Crippen molar-refractivity contribution in [3.63, 3.8) is 0 Å². The first kappa shape index (κ1) is 21.5. The van der Waals surface area contributed by atoms with Crippen LogP contribution in [0.25, 0.3) is 0 Å². The van der Waals surface area contributed by atoms with E-state index in [-0.39, 0.29) is 16.6 Å². The highest BCUT2D eigenvalue weighted by molar-refractivity contribution is 7.91. The molecule has 4 rings (SSSR count). The molecule has 1 aromatic heterocycles. The Hall–Kier alpha value is -2.70. The summed E-state index contributed by atoms with van der Waals surface area (Å²) in [6, 6.07) is 5.37. The number of nitrogens with zero attached hydrogens (tertiary/aromatic N) is 4. The second kappa shape index (κ2) is 8.09. The first-order valence-electron chi connectivity index (χ1n) is 10.7. The number of urea groups is 1. The third-order valence-electron chi connectivity index (χ3n) is 6.21. The topological polar surface area (TPSA) is 126 Å². The maximum Gasteiger partial charge on any atom is 0.354 e. The van der Waals surface area contributed by atoms with Gasteiger partial charge in [0.05, 0.1) is 0 Å². The number of nitrogens with two attached hydrogens (primary N) is 1. The molecule has 0 spiro atoms. The third kappa shape index (κ3) is 4.23. The fourth-order valence-electron chi connectivity index (χ4n) is 4.29. The van der Waals surface area contributed by atoms with E-state index in [4.69, 9.17) is 5.14 Å². The molecule has 1 saturated carbocycles. The van der Waals surface area contributed by atoms with Gasteiger partial charge in [0.2, 0.25) is 0 Å². The number of rotatable bonds is 5. The van der Waals surface area contributed by atoms with Crippen LogP contribution in [0.4, 0.5) is 10.5 Å². The Bertz CT molecular complexity index is 1200. The van der Waals surface area contributed by atoms with Crippen molar-refractivity contribution in [2.24, 2.45) is 15.4 Å². The van der Waals surface area contributed by atoms with Crippen molar-refractivity contribution in [1.82, 2.24) is 9.78 Å². The third-order valence-corrected chi connectivity index (χ3v) is 7.50. The molecule has 2 aliphatic rings. The van der Waals surface area contributed by atoms with Gasteiger partial charge in [-0.25, -0.2) is 14.1 Å². The van der Waals surface area contributed by atoms with Crippen molar-refractivity contribution in [2.45, 2.75) is 69.9 Å². The van der Waals surface area contributed by atoms with Gasteiger partial charge in [0.25, 0.3) is 0 Å². The molecule has 9 heteroatoms. The van der Waals surface area contributed by atoms with E-state index in [1.807, 2.05) is 19.9 Å². The molecular formula is C22H28N6O2S. The highest BCUT2D eigenvalue weighted by Gasteiger charge is 2.32. The SMILES string of the molecule is CC(C)n1cc(C#N)c(S(N)(=O)=NC(=O)Nc2c([C@H](C)C3CC3)ccc3c2CCC3)n1. The Kier molecular flexibility index (Phi) is 5.62. The van der Waals surface area contributed by atoms with Crippen LogP contribution >= 0.6 is 0 Å². The van der Waals surface area contributed by atoms with Crippen molar-refractivity contribution in [3.05, 3.63) is 40.6 Å². The second-order valence-electron chi connectivity index (χ2n) is 8.77. The molecule has 2 aromatic rings. The summed E-state index contributed by atoms with van der Waals surface area (Å²) >= 11 is 0. The molecule has 2 atom stereocenters. The number of hydrogen-bond donors (Lipinski definition) is 2. The Morgan fingerprint density at radius 3 is 2.74 bits per heavy atom. The summed E-state index contributed by atoms with van der Waals surface area (Å²) in [7, 11) is -3.68. The highest BCUT2D eigenvalue weighted by Crippen LogP contribution is 2.46. The van der Waals surface area contributed by atoms with Gasteiger partial charge in [0.15, 0.2) is 14.9 Å². The zero-order valence-electron chi connectivity index (χ0n) is 18.1.